The Labute approximate surface area is 158 Å². The Morgan fingerprint density at radius 3 is 2.69 bits per heavy atom. The van der Waals surface area contributed by atoms with Crippen LogP contribution in [0.5, 0.6) is 0 Å². The fraction of sp³-hybridized carbons (Fsp3) is 0.476. The average Bonchev–Trinajstić information content (AvgIpc) is 3.29. The van der Waals surface area contributed by atoms with Crippen molar-refractivity contribution in [2.24, 2.45) is 5.92 Å². The highest BCUT2D eigenvalue weighted by atomic mass is 32.1. The number of rotatable bonds is 5. The van der Waals surface area contributed by atoms with Crippen LogP contribution in [0.1, 0.15) is 47.5 Å². The summed E-state index contributed by atoms with van der Waals surface area (Å²) >= 11 is 1.70. The highest BCUT2D eigenvalue weighted by Gasteiger charge is 2.47. The largest absolute Gasteiger partial charge is 0.388 e. The lowest BCUT2D eigenvalue weighted by Crippen LogP contribution is -2.62. The molecule has 138 valence electrons. The smallest absolute Gasteiger partial charge is 0.251 e. The van der Waals surface area contributed by atoms with Crippen LogP contribution in [-0.2, 0) is 0 Å². The predicted molar refractivity (Wildman–Crippen MR) is 104 cm³/mol. The second-order valence-electron chi connectivity index (χ2n) is 7.82. The van der Waals surface area contributed by atoms with Crippen molar-refractivity contribution in [1.29, 1.82) is 0 Å². The topological polar surface area (TPSA) is 52.6 Å². The lowest BCUT2D eigenvalue weighted by molar-refractivity contribution is -0.0641. The molecule has 0 radical (unpaired) electrons. The first kappa shape index (κ1) is 17.7. The summed E-state index contributed by atoms with van der Waals surface area (Å²) in [4.78, 5) is 16.5. The zero-order chi connectivity index (χ0) is 18.1. The standard InChI is InChI=1S/C21H26N2O2S/c1-21(25)11-12-23(14-15-9-10-15)18(17-8-5-13-26-17)19(21)22-20(24)16-6-3-2-4-7-16/h2-8,13,15,18-19,25H,9-12,14H2,1H3,(H,22,24)/t18-,19-,21+/m0/s1. The maximum Gasteiger partial charge on any atom is 0.251 e. The molecular formula is C21H26N2O2S. The van der Waals surface area contributed by atoms with Crippen LogP contribution in [0, 0.1) is 5.92 Å². The molecular weight excluding hydrogens is 344 g/mol. The SMILES string of the molecule is C[C@@]1(O)CCN(CC2CC2)[C@@H](c2cccs2)[C@@H]1NC(=O)c1ccccc1. The first-order valence-electron chi connectivity index (χ1n) is 9.40. The average molecular weight is 371 g/mol. The van der Waals surface area contributed by atoms with Gasteiger partial charge in [0.1, 0.15) is 0 Å². The highest BCUT2D eigenvalue weighted by molar-refractivity contribution is 7.10. The summed E-state index contributed by atoms with van der Waals surface area (Å²) in [5.74, 6) is 0.650. The van der Waals surface area contributed by atoms with Gasteiger partial charge in [-0.2, -0.15) is 0 Å². The summed E-state index contributed by atoms with van der Waals surface area (Å²) in [6.45, 7) is 3.78. The molecule has 1 aliphatic heterocycles. The minimum Gasteiger partial charge on any atom is -0.388 e. The van der Waals surface area contributed by atoms with Crippen LogP contribution in [0.25, 0.3) is 0 Å². The highest BCUT2D eigenvalue weighted by Crippen LogP contribution is 2.41. The molecule has 1 aliphatic carbocycles. The van der Waals surface area contributed by atoms with Crippen molar-refractivity contribution in [3.63, 3.8) is 0 Å². The number of benzene rings is 1. The normalized spacial score (nSPS) is 29.5. The van der Waals surface area contributed by atoms with Crippen LogP contribution in [0.15, 0.2) is 47.8 Å². The second kappa shape index (κ2) is 7.14. The number of likely N-dealkylation sites (tertiary alicyclic amines) is 1. The Morgan fingerprint density at radius 1 is 1.27 bits per heavy atom. The molecule has 1 saturated heterocycles. The van der Waals surface area contributed by atoms with E-state index in [2.05, 4.69) is 27.7 Å². The molecule has 0 spiro atoms. The summed E-state index contributed by atoms with van der Waals surface area (Å²) in [6.07, 6.45) is 3.26. The Bertz CT molecular complexity index is 741. The maximum atomic E-state index is 12.8. The Hall–Kier alpha value is -1.69. The van der Waals surface area contributed by atoms with Crippen LogP contribution in [0.3, 0.4) is 0 Å². The summed E-state index contributed by atoms with van der Waals surface area (Å²) < 4.78 is 0. The summed E-state index contributed by atoms with van der Waals surface area (Å²) in [6, 6.07) is 13.1. The lowest BCUT2D eigenvalue weighted by atomic mass is 9.81. The van der Waals surface area contributed by atoms with Gasteiger partial charge in [0.2, 0.25) is 0 Å². The van der Waals surface area contributed by atoms with Gasteiger partial charge in [-0.1, -0.05) is 24.3 Å². The number of nitrogens with zero attached hydrogens (tertiary/aromatic N) is 1. The van der Waals surface area contributed by atoms with Crippen molar-refractivity contribution in [2.75, 3.05) is 13.1 Å². The van der Waals surface area contributed by atoms with Gasteiger partial charge in [0.05, 0.1) is 17.7 Å². The van der Waals surface area contributed by atoms with E-state index in [1.54, 1.807) is 11.3 Å². The van der Waals surface area contributed by atoms with E-state index in [-0.39, 0.29) is 18.0 Å². The molecule has 5 heteroatoms. The number of thiophene rings is 1. The van der Waals surface area contributed by atoms with Crippen molar-refractivity contribution >= 4 is 17.2 Å². The van der Waals surface area contributed by atoms with Gasteiger partial charge >= 0.3 is 0 Å². The lowest BCUT2D eigenvalue weighted by Gasteiger charge is -2.48. The number of amides is 1. The Balaban J connectivity index is 1.63. The fourth-order valence-electron chi connectivity index (χ4n) is 3.90. The van der Waals surface area contributed by atoms with Crippen molar-refractivity contribution < 1.29 is 9.90 Å². The minimum atomic E-state index is -0.931. The van der Waals surface area contributed by atoms with E-state index in [0.717, 1.165) is 19.0 Å². The monoisotopic (exact) mass is 370 g/mol. The molecule has 1 amide bonds. The predicted octanol–water partition coefficient (Wildman–Crippen LogP) is 3.45. The van der Waals surface area contributed by atoms with E-state index < -0.39 is 5.60 Å². The zero-order valence-electron chi connectivity index (χ0n) is 15.1. The van der Waals surface area contributed by atoms with Gasteiger partial charge in [-0.15, -0.1) is 11.3 Å². The van der Waals surface area contributed by atoms with Crippen LogP contribution in [0.4, 0.5) is 0 Å². The van der Waals surface area contributed by atoms with E-state index in [4.69, 9.17) is 0 Å². The molecule has 4 nitrogen and oxygen atoms in total. The molecule has 2 N–H and O–H groups in total. The second-order valence-corrected chi connectivity index (χ2v) is 8.80. The van der Waals surface area contributed by atoms with E-state index in [0.29, 0.717) is 12.0 Å². The summed E-state index contributed by atoms with van der Waals surface area (Å²) in [5, 5.41) is 16.4. The molecule has 3 atom stereocenters. The summed E-state index contributed by atoms with van der Waals surface area (Å²) in [5.41, 5.74) is -0.299. The maximum absolute atomic E-state index is 12.8. The quantitative estimate of drug-likeness (QED) is 0.848. The van der Waals surface area contributed by atoms with Gasteiger partial charge in [0.25, 0.3) is 5.91 Å². The number of piperidine rings is 1. The van der Waals surface area contributed by atoms with Crippen LogP contribution < -0.4 is 5.32 Å². The van der Waals surface area contributed by atoms with Gasteiger partial charge < -0.3 is 10.4 Å². The van der Waals surface area contributed by atoms with E-state index in [9.17, 15) is 9.90 Å². The number of carbonyl (C=O) groups excluding carboxylic acids is 1. The van der Waals surface area contributed by atoms with Gasteiger partial charge in [0, 0.05) is 23.5 Å². The molecule has 1 saturated carbocycles. The van der Waals surface area contributed by atoms with Gasteiger partial charge in [-0.25, -0.2) is 0 Å². The van der Waals surface area contributed by atoms with Crippen LogP contribution in [0.2, 0.25) is 0 Å². The number of hydrogen-bond donors (Lipinski definition) is 2. The molecule has 2 heterocycles. The number of nitrogens with one attached hydrogen (secondary N) is 1. The summed E-state index contributed by atoms with van der Waals surface area (Å²) in [7, 11) is 0. The van der Waals surface area contributed by atoms with Gasteiger partial charge in [0.15, 0.2) is 0 Å². The van der Waals surface area contributed by atoms with Crippen LogP contribution >= 0.6 is 11.3 Å². The molecule has 26 heavy (non-hydrogen) atoms. The van der Waals surface area contributed by atoms with Crippen molar-refractivity contribution in [3.05, 3.63) is 58.3 Å². The first-order valence-corrected chi connectivity index (χ1v) is 10.3. The zero-order valence-corrected chi connectivity index (χ0v) is 15.9. The van der Waals surface area contributed by atoms with Gasteiger partial charge in [-0.05, 0) is 55.7 Å². The van der Waals surface area contributed by atoms with Crippen LogP contribution in [-0.4, -0.2) is 40.6 Å². The first-order chi connectivity index (χ1) is 12.5. The molecule has 1 aromatic carbocycles. The molecule has 1 aromatic heterocycles. The third kappa shape index (κ3) is 3.70. The molecule has 2 aromatic rings. The fourth-order valence-corrected chi connectivity index (χ4v) is 4.80. The number of aliphatic hydroxyl groups is 1. The number of carbonyl (C=O) groups is 1. The van der Waals surface area contributed by atoms with Gasteiger partial charge in [-0.3, -0.25) is 9.69 Å². The molecule has 4 rings (SSSR count). The van der Waals surface area contributed by atoms with Crippen molar-refractivity contribution in [2.45, 2.75) is 43.9 Å². The van der Waals surface area contributed by atoms with E-state index in [1.807, 2.05) is 37.3 Å². The molecule has 0 unspecified atom stereocenters. The number of hydrogen-bond acceptors (Lipinski definition) is 4. The molecule has 2 aliphatic rings. The minimum absolute atomic E-state index is 0.0204. The third-order valence-corrected chi connectivity index (χ3v) is 6.57. The van der Waals surface area contributed by atoms with E-state index in [1.165, 1.54) is 17.7 Å². The Morgan fingerprint density at radius 2 is 2.04 bits per heavy atom. The molecule has 2 fully saturated rings. The van der Waals surface area contributed by atoms with E-state index >= 15 is 0 Å². The Kier molecular flexibility index (Phi) is 4.86. The molecule has 0 bridgehead atoms. The van der Waals surface area contributed by atoms with Crippen molar-refractivity contribution in [1.82, 2.24) is 10.2 Å². The third-order valence-electron chi connectivity index (χ3n) is 5.63. The van der Waals surface area contributed by atoms with Crippen molar-refractivity contribution in [3.8, 4) is 0 Å².